The van der Waals surface area contributed by atoms with Crippen LogP contribution in [0.25, 0.3) is 0 Å². The van der Waals surface area contributed by atoms with Crippen LogP contribution in [0.3, 0.4) is 0 Å². The van der Waals surface area contributed by atoms with E-state index in [0.29, 0.717) is 13.2 Å². The van der Waals surface area contributed by atoms with Gasteiger partial charge in [0.1, 0.15) is 6.04 Å². The van der Waals surface area contributed by atoms with Gasteiger partial charge in [-0.25, -0.2) is 4.79 Å². The highest BCUT2D eigenvalue weighted by Gasteiger charge is 2.21. The number of carbonyl (C=O) groups excluding carboxylic acids is 1. The number of nitrogens with one attached hydrogen (secondary N) is 1. The molecule has 2 N–H and O–H groups in total. The Morgan fingerprint density at radius 3 is 2.68 bits per heavy atom. The second kappa shape index (κ2) is 8.51. The van der Waals surface area contributed by atoms with E-state index in [0.717, 1.165) is 24.9 Å². The first-order valence-corrected chi connectivity index (χ1v) is 7.59. The quantitative estimate of drug-likeness (QED) is 0.792. The Morgan fingerprint density at radius 1 is 1.27 bits per heavy atom. The number of hydroxylamine groups is 2. The van der Waals surface area contributed by atoms with Crippen LogP contribution >= 0.6 is 0 Å². The van der Waals surface area contributed by atoms with Crippen molar-refractivity contribution in [1.29, 1.82) is 0 Å². The smallest absolute Gasteiger partial charge is 0.326 e. The van der Waals surface area contributed by atoms with Crippen LogP contribution in [-0.4, -0.2) is 47.8 Å². The first-order valence-electron chi connectivity index (χ1n) is 7.59. The summed E-state index contributed by atoms with van der Waals surface area (Å²) in [6, 6.07) is 8.37. The molecule has 0 radical (unpaired) electrons. The van der Waals surface area contributed by atoms with E-state index in [9.17, 15) is 14.7 Å². The Kier molecular flexibility index (Phi) is 6.36. The molecule has 1 atom stereocenters. The van der Waals surface area contributed by atoms with Crippen molar-refractivity contribution < 1.29 is 19.5 Å². The van der Waals surface area contributed by atoms with Crippen LogP contribution in [0.1, 0.15) is 24.8 Å². The minimum absolute atomic E-state index is 0.235. The second-order valence-electron chi connectivity index (χ2n) is 5.37. The number of benzene rings is 1. The lowest BCUT2D eigenvalue weighted by Gasteiger charge is -2.25. The third kappa shape index (κ3) is 5.46. The fourth-order valence-corrected chi connectivity index (χ4v) is 2.37. The van der Waals surface area contributed by atoms with Crippen LogP contribution in [0.4, 0.5) is 0 Å². The van der Waals surface area contributed by atoms with Crippen molar-refractivity contribution in [3.8, 4) is 0 Å². The van der Waals surface area contributed by atoms with Gasteiger partial charge in [0.15, 0.2) is 0 Å². The van der Waals surface area contributed by atoms with Gasteiger partial charge in [0, 0.05) is 25.9 Å². The van der Waals surface area contributed by atoms with E-state index in [4.69, 9.17) is 4.84 Å². The Bertz CT molecular complexity index is 486. The monoisotopic (exact) mass is 306 g/mol. The lowest BCUT2D eigenvalue weighted by Crippen LogP contribution is -2.43. The minimum atomic E-state index is -1.02. The molecule has 1 fully saturated rings. The summed E-state index contributed by atoms with van der Waals surface area (Å²) in [5, 5.41) is 13.6. The fourth-order valence-electron chi connectivity index (χ4n) is 2.37. The third-order valence-corrected chi connectivity index (χ3v) is 3.58. The number of hydrogen-bond acceptors (Lipinski definition) is 4. The fraction of sp³-hybridized carbons (Fsp3) is 0.500. The van der Waals surface area contributed by atoms with Crippen LogP contribution < -0.4 is 5.32 Å². The van der Waals surface area contributed by atoms with Crippen LogP contribution in [0.15, 0.2) is 30.3 Å². The van der Waals surface area contributed by atoms with E-state index < -0.39 is 12.0 Å². The Hall–Kier alpha value is -1.92. The highest BCUT2D eigenvalue weighted by atomic mass is 16.7. The first-order chi connectivity index (χ1) is 10.6. The summed E-state index contributed by atoms with van der Waals surface area (Å²) in [5.74, 6) is -1.29. The predicted octanol–water partition coefficient (Wildman–Crippen LogP) is 1.22. The standard InChI is InChI=1S/C16H22N2O4/c19-15(8-10-18-9-4-5-11-22-18)17-14(16(20)21)12-13-6-2-1-3-7-13/h1-3,6-7,14H,4-5,8-12H2,(H,17,19)(H,20,21). The molecule has 120 valence electrons. The summed E-state index contributed by atoms with van der Waals surface area (Å²) in [6.07, 6.45) is 2.62. The zero-order valence-corrected chi connectivity index (χ0v) is 12.5. The Morgan fingerprint density at radius 2 is 2.05 bits per heavy atom. The van der Waals surface area contributed by atoms with E-state index in [-0.39, 0.29) is 18.7 Å². The van der Waals surface area contributed by atoms with E-state index in [1.165, 1.54) is 0 Å². The minimum Gasteiger partial charge on any atom is -0.480 e. The van der Waals surface area contributed by atoms with Crippen LogP contribution in [-0.2, 0) is 20.8 Å². The molecule has 22 heavy (non-hydrogen) atoms. The van der Waals surface area contributed by atoms with Gasteiger partial charge in [-0.05, 0) is 18.4 Å². The molecule has 1 amide bonds. The molecule has 0 aromatic heterocycles. The van der Waals surface area contributed by atoms with Gasteiger partial charge in [-0.15, -0.1) is 0 Å². The van der Waals surface area contributed by atoms with Gasteiger partial charge in [-0.2, -0.15) is 5.06 Å². The van der Waals surface area contributed by atoms with Crippen molar-refractivity contribution in [3.63, 3.8) is 0 Å². The summed E-state index contributed by atoms with van der Waals surface area (Å²) in [4.78, 5) is 28.6. The first kappa shape index (κ1) is 16.5. The van der Waals surface area contributed by atoms with Crippen molar-refractivity contribution in [3.05, 3.63) is 35.9 Å². The highest BCUT2D eigenvalue weighted by molar-refractivity contribution is 5.83. The van der Waals surface area contributed by atoms with Gasteiger partial charge in [0.2, 0.25) is 5.91 Å². The van der Waals surface area contributed by atoms with E-state index in [1.807, 2.05) is 30.3 Å². The predicted molar refractivity (Wildman–Crippen MR) is 81.1 cm³/mol. The lowest BCUT2D eigenvalue weighted by molar-refractivity contribution is -0.181. The molecule has 1 aromatic carbocycles. The molecular formula is C16H22N2O4. The maximum Gasteiger partial charge on any atom is 0.326 e. The molecule has 0 spiro atoms. The van der Waals surface area contributed by atoms with Gasteiger partial charge >= 0.3 is 5.97 Å². The number of carboxylic acids is 1. The molecule has 6 heteroatoms. The van der Waals surface area contributed by atoms with E-state index in [1.54, 1.807) is 5.06 Å². The summed E-state index contributed by atoms with van der Waals surface area (Å²) in [6.45, 7) is 2.00. The number of hydrogen-bond donors (Lipinski definition) is 2. The van der Waals surface area contributed by atoms with Crippen molar-refractivity contribution >= 4 is 11.9 Å². The molecule has 1 heterocycles. The molecule has 0 bridgehead atoms. The van der Waals surface area contributed by atoms with Gasteiger partial charge in [0.25, 0.3) is 0 Å². The van der Waals surface area contributed by atoms with Gasteiger partial charge < -0.3 is 10.4 Å². The zero-order valence-electron chi connectivity index (χ0n) is 12.5. The average molecular weight is 306 g/mol. The van der Waals surface area contributed by atoms with Crippen LogP contribution in [0.2, 0.25) is 0 Å². The number of carbonyl (C=O) groups is 2. The molecule has 6 nitrogen and oxygen atoms in total. The summed E-state index contributed by atoms with van der Waals surface area (Å²) < 4.78 is 0. The number of rotatable bonds is 7. The van der Waals surface area contributed by atoms with Gasteiger partial charge in [-0.1, -0.05) is 30.3 Å². The molecule has 0 saturated carbocycles. The highest BCUT2D eigenvalue weighted by Crippen LogP contribution is 2.07. The number of nitrogens with zero attached hydrogens (tertiary/aromatic N) is 1. The van der Waals surface area contributed by atoms with Crippen molar-refractivity contribution in [1.82, 2.24) is 10.4 Å². The SMILES string of the molecule is O=C(CCN1CCCCO1)NC(Cc1ccccc1)C(=O)O. The maximum atomic E-state index is 11.9. The van der Waals surface area contributed by atoms with E-state index in [2.05, 4.69) is 5.32 Å². The van der Waals surface area contributed by atoms with E-state index >= 15 is 0 Å². The largest absolute Gasteiger partial charge is 0.480 e. The molecule has 1 aromatic rings. The summed E-state index contributed by atoms with van der Waals surface area (Å²) in [5.41, 5.74) is 0.884. The average Bonchev–Trinajstić information content (AvgIpc) is 2.54. The Labute approximate surface area is 130 Å². The summed E-state index contributed by atoms with van der Waals surface area (Å²) in [7, 11) is 0. The molecule has 2 rings (SSSR count). The normalized spacial score (nSPS) is 16.9. The van der Waals surface area contributed by atoms with Crippen molar-refractivity contribution in [2.45, 2.75) is 31.7 Å². The van der Waals surface area contributed by atoms with Crippen molar-refractivity contribution in [2.24, 2.45) is 0 Å². The number of amides is 1. The molecule has 1 aliphatic heterocycles. The third-order valence-electron chi connectivity index (χ3n) is 3.58. The van der Waals surface area contributed by atoms with Crippen LogP contribution in [0.5, 0.6) is 0 Å². The van der Waals surface area contributed by atoms with Gasteiger partial charge in [-0.3, -0.25) is 9.63 Å². The second-order valence-corrected chi connectivity index (χ2v) is 5.37. The molecular weight excluding hydrogens is 284 g/mol. The molecule has 1 aliphatic rings. The number of aliphatic carboxylic acids is 1. The van der Waals surface area contributed by atoms with Crippen molar-refractivity contribution in [2.75, 3.05) is 19.7 Å². The molecule has 1 saturated heterocycles. The van der Waals surface area contributed by atoms with Gasteiger partial charge in [0.05, 0.1) is 6.61 Å². The Balaban J connectivity index is 1.79. The zero-order chi connectivity index (χ0) is 15.8. The molecule has 1 unspecified atom stereocenters. The number of carboxylic acid groups (broad SMARTS) is 1. The summed E-state index contributed by atoms with van der Waals surface area (Å²) >= 11 is 0. The lowest BCUT2D eigenvalue weighted by atomic mass is 10.1. The maximum absolute atomic E-state index is 11.9. The topological polar surface area (TPSA) is 78.9 Å². The molecule has 0 aliphatic carbocycles. The van der Waals surface area contributed by atoms with Crippen LogP contribution in [0, 0.1) is 0 Å².